The van der Waals surface area contributed by atoms with Crippen molar-refractivity contribution < 1.29 is 9.50 Å². The van der Waals surface area contributed by atoms with Gasteiger partial charge < -0.3 is 10.0 Å². The largest absolute Gasteiger partial charge is 0.391 e. The number of rotatable bonds is 2. The Labute approximate surface area is 133 Å². The fourth-order valence-corrected chi connectivity index (χ4v) is 3.33. The van der Waals surface area contributed by atoms with Crippen molar-refractivity contribution in [1.29, 1.82) is 0 Å². The number of hydrogen-bond acceptors (Lipinski definition) is 4. The number of halogens is 1. The molecule has 1 aliphatic rings. The van der Waals surface area contributed by atoms with Crippen molar-refractivity contribution in [3.8, 4) is 0 Å². The van der Waals surface area contributed by atoms with Gasteiger partial charge in [0.1, 0.15) is 11.3 Å². The highest BCUT2D eigenvalue weighted by atomic mass is 19.1. The van der Waals surface area contributed by atoms with Crippen LogP contribution in [0, 0.1) is 12.7 Å². The molecule has 1 saturated heterocycles. The van der Waals surface area contributed by atoms with Gasteiger partial charge in [0.15, 0.2) is 5.82 Å². The van der Waals surface area contributed by atoms with E-state index in [1.807, 2.05) is 24.0 Å². The summed E-state index contributed by atoms with van der Waals surface area (Å²) in [4.78, 5) is 6.53. The molecular weight excluding hydrogens is 295 g/mol. The number of benzene rings is 1. The number of β-amino-alcohol motifs (C(OH)–C–C–N with tert-alkyl or cyclic N) is 1. The average molecular weight is 312 g/mol. The van der Waals surface area contributed by atoms with Crippen LogP contribution in [0.4, 0.5) is 10.2 Å². The maximum atomic E-state index is 13.6. The van der Waals surface area contributed by atoms with Crippen LogP contribution in [0.3, 0.4) is 0 Å². The van der Waals surface area contributed by atoms with Gasteiger partial charge in [0.05, 0.1) is 17.8 Å². The van der Waals surface area contributed by atoms with Gasteiger partial charge in [-0.2, -0.15) is 5.10 Å². The van der Waals surface area contributed by atoms with E-state index in [0.29, 0.717) is 13.0 Å². The Balaban J connectivity index is 1.81. The van der Waals surface area contributed by atoms with Gasteiger partial charge in [0, 0.05) is 18.9 Å². The van der Waals surface area contributed by atoms with E-state index in [1.54, 1.807) is 23.0 Å². The molecule has 1 aliphatic heterocycles. The van der Waals surface area contributed by atoms with Gasteiger partial charge >= 0.3 is 0 Å². The molecule has 0 bridgehead atoms. The average Bonchev–Trinajstić information content (AvgIpc) is 3.08. The first-order chi connectivity index (χ1) is 11.1. The monoisotopic (exact) mass is 312 g/mol. The lowest BCUT2D eigenvalue weighted by Crippen LogP contribution is -2.25. The van der Waals surface area contributed by atoms with Crippen LogP contribution in [0.1, 0.15) is 23.7 Å². The molecule has 0 spiro atoms. The van der Waals surface area contributed by atoms with E-state index in [9.17, 15) is 9.50 Å². The third-order valence-electron chi connectivity index (χ3n) is 4.28. The number of aliphatic hydroxyl groups excluding tert-OH is 1. The van der Waals surface area contributed by atoms with Gasteiger partial charge in [-0.25, -0.2) is 13.9 Å². The molecule has 0 aliphatic carbocycles. The number of nitrogens with zero attached hydrogens (tertiary/aromatic N) is 4. The molecule has 2 aromatic heterocycles. The third kappa shape index (κ3) is 2.45. The van der Waals surface area contributed by atoms with Crippen molar-refractivity contribution >= 4 is 11.3 Å². The number of aromatic nitrogens is 3. The Morgan fingerprint density at radius 1 is 1.30 bits per heavy atom. The zero-order valence-corrected chi connectivity index (χ0v) is 12.7. The molecule has 0 amide bonds. The number of aliphatic hydroxyl groups is 1. The van der Waals surface area contributed by atoms with E-state index in [-0.39, 0.29) is 11.9 Å². The Bertz CT molecular complexity index is 863. The second-order valence-corrected chi connectivity index (χ2v) is 5.98. The summed E-state index contributed by atoms with van der Waals surface area (Å²) in [5.74, 6) is 0.495. The minimum absolute atomic E-state index is 0.102. The van der Waals surface area contributed by atoms with E-state index in [4.69, 9.17) is 0 Å². The molecule has 0 unspecified atom stereocenters. The lowest BCUT2D eigenvalue weighted by Gasteiger charge is -2.26. The molecule has 23 heavy (non-hydrogen) atoms. The maximum absolute atomic E-state index is 13.6. The van der Waals surface area contributed by atoms with Crippen molar-refractivity contribution in [2.75, 3.05) is 11.4 Å². The SMILES string of the molecule is Cc1cc2c(N3C[C@@H](O)C[C@@H]3c3cccc(F)c3)nccn2n1. The van der Waals surface area contributed by atoms with E-state index in [2.05, 4.69) is 10.1 Å². The molecule has 1 fully saturated rings. The first-order valence-corrected chi connectivity index (χ1v) is 7.63. The minimum atomic E-state index is -0.464. The first-order valence-electron chi connectivity index (χ1n) is 7.63. The number of fused-ring (bicyclic) bond motifs is 1. The van der Waals surface area contributed by atoms with Crippen LogP contribution in [-0.2, 0) is 0 Å². The lowest BCUT2D eigenvalue weighted by atomic mass is 10.0. The molecular formula is C17H17FN4O. The van der Waals surface area contributed by atoms with Gasteiger partial charge in [0.25, 0.3) is 0 Å². The van der Waals surface area contributed by atoms with Gasteiger partial charge in [-0.05, 0) is 37.1 Å². The van der Waals surface area contributed by atoms with Crippen LogP contribution in [0.2, 0.25) is 0 Å². The Kier molecular flexibility index (Phi) is 3.27. The summed E-state index contributed by atoms with van der Waals surface area (Å²) in [6, 6.07) is 8.41. The summed E-state index contributed by atoms with van der Waals surface area (Å²) in [7, 11) is 0. The van der Waals surface area contributed by atoms with Crippen molar-refractivity contribution in [1.82, 2.24) is 14.6 Å². The molecule has 3 heterocycles. The summed E-state index contributed by atoms with van der Waals surface area (Å²) in [6.45, 7) is 2.40. The highest BCUT2D eigenvalue weighted by Gasteiger charge is 2.34. The molecule has 0 saturated carbocycles. The highest BCUT2D eigenvalue weighted by Crippen LogP contribution is 2.37. The van der Waals surface area contributed by atoms with E-state index in [1.165, 1.54) is 12.1 Å². The van der Waals surface area contributed by atoms with Gasteiger partial charge in [0.2, 0.25) is 0 Å². The maximum Gasteiger partial charge on any atom is 0.155 e. The fraction of sp³-hybridized carbons (Fsp3) is 0.294. The normalized spacial score (nSPS) is 21.3. The molecule has 3 aromatic rings. The van der Waals surface area contributed by atoms with Crippen LogP contribution < -0.4 is 4.90 Å². The molecule has 5 nitrogen and oxygen atoms in total. The van der Waals surface area contributed by atoms with Crippen LogP contribution in [0.15, 0.2) is 42.7 Å². The van der Waals surface area contributed by atoms with Gasteiger partial charge in [-0.15, -0.1) is 0 Å². The first kappa shape index (κ1) is 14.1. The van der Waals surface area contributed by atoms with Gasteiger partial charge in [-0.1, -0.05) is 12.1 Å². The molecule has 0 radical (unpaired) electrons. The molecule has 6 heteroatoms. The summed E-state index contributed by atoms with van der Waals surface area (Å²) in [5.41, 5.74) is 2.64. The van der Waals surface area contributed by atoms with E-state index in [0.717, 1.165) is 22.6 Å². The van der Waals surface area contributed by atoms with Crippen molar-refractivity contribution in [2.45, 2.75) is 25.5 Å². The van der Waals surface area contributed by atoms with Crippen molar-refractivity contribution in [3.05, 3.63) is 59.8 Å². The topological polar surface area (TPSA) is 53.7 Å². The zero-order chi connectivity index (χ0) is 16.0. The molecule has 4 rings (SSSR count). The number of aryl methyl sites for hydroxylation is 1. The Hall–Kier alpha value is -2.47. The van der Waals surface area contributed by atoms with Crippen LogP contribution >= 0.6 is 0 Å². The summed E-state index contributed by atoms with van der Waals surface area (Å²) in [5, 5.41) is 14.6. The van der Waals surface area contributed by atoms with Crippen LogP contribution in [-0.4, -0.2) is 32.4 Å². The molecule has 1 N–H and O–H groups in total. The van der Waals surface area contributed by atoms with Gasteiger partial charge in [-0.3, -0.25) is 0 Å². The third-order valence-corrected chi connectivity index (χ3v) is 4.28. The highest BCUT2D eigenvalue weighted by molar-refractivity contribution is 5.70. The van der Waals surface area contributed by atoms with Crippen LogP contribution in [0.25, 0.3) is 5.52 Å². The number of anilines is 1. The quantitative estimate of drug-likeness (QED) is 0.790. The molecule has 2 atom stereocenters. The standard InChI is InChI=1S/C17H17FN4O/c1-11-7-16-17(19-5-6-22(16)20-11)21-10-14(23)9-15(21)12-3-2-4-13(18)8-12/h2-8,14-15,23H,9-10H2,1H3/t14-,15+/m0/s1. The smallest absolute Gasteiger partial charge is 0.155 e. The van der Waals surface area contributed by atoms with Crippen LogP contribution in [0.5, 0.6) is 0 Å². The minimum Gasteiger partial charge on any atom is -0.391 e. The Morgan fingerprint density at radius 3 is 3.00 bits per heavy atom. The molecule has 1 aromatic carbocycles. The molecule has 118 valence electrons. The Morgan fingerprint density at radius 2 is 2.17 bits per heavy atom. The van der Waals surface area contributed by atoms with Crippen molar-refractivity contribution in [3.63, 3.8) is 0 Å². The second kappa shape index (κ2) is 5.31. The van der Waals surface area contributed by atoms with E-state index < -0.39 is 6.10 Å². The predicted octanol–water partition coefficient (Wildman–Crippen LogP) is 2.49. The summed E-state index contributed by atoms with van der Waals surface area (Å²) < 4.78 is 15.4. The zero-order valence-electron chi connectivity index (χ0n) is 12.7. The summed E-state index contributed by atoms with van der Waals surface area (Å²) >= 11 is 0. The fourth-order valence-electron chi connectivity index (χ4n) is 3.33. The van der Waals surface area contributed by atoms with E-state index >= 15 is 0 Å². The second-order valence-electron chi connectivity index (χ2n) is 5.98. The summed E-state index contributed by atoms with van der Waals surface area (Å²) in [6.07, 6.45) is 3.59. The lowest BCUT2D eigenvalue weighted by molar-refractivity contribution is 0.194. The van der Waals surface area contributed by atoms with Crippen molar-refractivity contribution in [2.24, 2.45) is 0 Å². The number of hydrogen-bond donors (Lipinski definition) is 1. The predicted molar refractivity (Wildman–Crippen MR) is 84.8 cm³/mol.